The van der Waals surface area contributed by atoms with Crippen LogP contribution in [-0.4, -0.2) is 47.2 Å². The van der Waals surface area contributed by atoms with Gasteiger partial charge >= 0.3 is 0 Å². The van der Waals surface area contributed by atoms with Crippen LogP contribution in [0.3, 0.4) is 0 Å². The zero-order valence-electron chi connectivity index (χ0n) is 18.7. The minimum atomic E-state index is -0.178. The van der Waals surface area contributed by atoms with E-state index in [9.17, 15) is 10.1 Å². The van der Waals surface area contributed by atoms with Crippen molar-refractivity contribution in [1.82, 2.24) is 15.0 Å². The standard InChI is InChI=1S/C24H25N7O2/c1-15(2)23(32)29-20-5-4-16(10-17(20)12-25)21-7-9-27-24(30-21)28-18-6-8-26-22(11-18)31-13-19(14-31)33-3/h4-11,15,19H,13-14H2,1-3H3,(H,29,32)(H,26,27,28,30). The van der Waals surface area contributed by atoms with Gasteiger partial charge in [-0.2, -0.15) is 5.26 Å². The fourth-order valence-electron chi connectivity index (χ4n) is 3.33. The lowest BCUT2D eigenvalue weighted by Crippen LogP contribution is -2.52. The molecule has 2 N–H and O–H groups in total. The number of aromatic nitrogens is 3. The Morgan fingerprint density at radius 1 is 1.18 bits per heavy atom. The molecule has 1 aromatic carbocycles. The van der Waals surface area contributed by atoms with Gasteiger partial charge in [0.05, 0.1) is 23.0 Å². The van der Waals surface area contributed by atoms with E-state index in [2.05, 4.69) is 36.6 Å². The molecule has 1 aliphatic heterocycles. The number of hydrogen-bond donors (Lipinski definition) is 2. The van der Waals surface area contributed by atoms with Crippen LogP contribution in [0.5, 0.6) is 0 Å². The molecule has 3 aromatic rings. The van der Waals surface area contributed by atoms with Crippen LogP contribution in [0, 0.1) is 17.2 Å². The summed E-state index contributed by atoms with van der Waals surface area (Å²) in [6.07, 6.45) is 3.64. The van der Waals surface area contributed by atoms with Gasteiger partial charge in [0, 0.05) is 55.8 Å². The van der Waals surface area contributed by atoms with E-state index in [1.54, 1.807) is 51.6 Å². The third-order valence-electron chi connectivity index (χ3n) is 5.38. The first-order chi connectivity index (χ1) is 16.0. The first-order valence-corrected chi connectivity index (χ1v) is 10.7. The minimum absolute atomic E-state index is 0.138. The molecule has 4 rings (SSSR count). The molecule has 0 aliphatic carbocycles. The molecule has 9 nitrogen and oxygen atoms in total. The maximum Gasteiger partial charge on any atom is 0.227 e. The summed E-state index contributed by atoms with van der Waals surface area (Å²) in [5.41, 5.74) is 3.09. The SMILES string of the molecule is COC1CN(c2cc(Nc3nccc(-c4ccc(NC(=O)C(C)C)c(C#N)c4)n3)ccn2)C1. The monoisotopic (exact) mass is 443 g/mol. The Morgan fingerprint density at radius 2 is 1.97 bits per heavy atom. The maximum absolute atomic E-state index is 12.0. The van der Waals surface area contributed by atoms with Crippen molar-refractivity contribution in [2.45, 2.75) is 20.0 Å². The van der Waals surface area contributed by atoms with Crippen molar-refractivity contribution in [1.29, 1.82) is 5.26 Å². The average molecular weight is 444 g/mol. The highest BCUT2D eigenvalue weighted by Gasteiger charge is 2.27. The predicted molar refractivity (Wildman–Crippen MR) is 126 cm³/mol. The van der Waals surface area contributed by atoms with Gasteiger partial charge in [0.25, 0.3) is 0 Å². The highest BCUT2D eigenvalue weighted by Crippen LogP contribution is 2.26. The second-order valence-electron chi connectivity index (χ2n) is 8.07. The zero-order chi connectivity index (χ0) is 23.4. The van der Waals surface area contributed by atoms with Gasteiger partial charge in [0.15, 0.2) is 0 Å². The number of methoxy groups -OCH3 is 1. The number of hydrogen-bond acceptors (Lipinski definition) is 8. The van der Waals surface area contributed by atoms with Crippen molar-refractivity contribution in [2.75, 3.05) is 35.7 Å². The van der Waals surface area contributed by atoms with E-state index in [1.165, 1.54) is 0 Å². The lowest BCUT2D eigenvalue weighted by atomic mass is 10.1. The number of nitrogens with one attached hydrogen (secondary N) is 2. The Labute approximate surface area is 192 Å². The summed E-state index contributed by atoms with van der Waals surface area (Å²) in [6, 6.07) is 13.0. The van der Waals surface area contributed by atoms with Crippen molar-refractivity contribution >= 4 is 29.0 Å². The molecule has 1 amide bonds. The fourth-order valence-corrected chi connectivity index (χ4v) is 3.33. The van der Waals surface area contributed by atoms with Gasteiger partial charge in [-0.1, -0.05) is 19.9 Å². The topological polar surface area (TPSA) is 116 Å². The summed E-state index contributed by atoms with van der Waals surface area (Å²) in [5, 5.41) is 15.6. The van der Waals surface area contributed by atoms with Gasteiger partial charge in [-0.05, 0) is 24.3 Å². The molecule has 0 unspecified atom stereocenters. The zero-order valence-corrected chi connectivity index (χ0v) is 18.7. The van der Waals surface area contributed by atoms with E-state index < -0.39 is 0 Å². The third-order valence-corrected chi connectivity index (χ3v) is 5.38. The Kier molecular flexibility index (Phi) is 6.47. The first-order valence-electron chi connectivity index (χ1n) is 10.7. The fraction of sp³-hybridized carbons (Fsp3) is 0.292. The van der Waals surface area contributed by atoms with Crippen molar-refractivity contribution in [3.05, 3.63) is 54.4 Å². The van der Waals surface area contributed by atoms with Crippen molar-refractivity contribution in [3.8, 4) is 17.3 Å². The van der Waals surface area contributed by atoms with E-state index in [1.807, 2.05) is 18.2 Å². The summed E-state index contributed by atoms with van der Waals surface area (Å²) in [4.78, 5) is 27.5. The molecular formula is C24H25N7O2. The van der Waals surface area contributed by atoms with Gasteiger partial charge in [-0.25, -0.2) is 15.0 Å². The molecule has 2 aromatic heterocycles. The van der Waals surface area contributed by atoms with Crippen molar-refractivity contribution < 1.29 is 9.53 Å². The number of carbonyl (C=O) groups is 1. The molecule has 9 heteroatoms. The summed E-state index contributed by atoms with van der Waals surface area (Å²) >= 11 is 0. The summed E-state index contributed by atoms with van der Waals surface area (Å²) in [6.45, 7) is 5.23. The van der Waals surface area contributed by atoms with Crippen LogP contribution in [0.1, 0.15) is 19.4 Å². The number of benzene rings is 1. The van der Waals surface area contributed by atoms with E-state index in [4.69, 9.17) is 4.74 Å². The smallest absolute Gasteiger partial charge is 0.227 e. The van der Waals surface area contributed by atoms with Gasteiger partial charge in [0.2, 0.25) is 11.9 Å². The van der Waals surface area contributed by atoms with Gasteiger partial charge < -0.3 is 20.3 Å². The summed E-state index contributed by atoms with van der Waals surface area (Å²) in [5.74, 6) is 0.976. The number of pyridine rings is 1. The van der Waals surface area contributed by atoms with Gasteiger partial charge in [-0.3, -0.25) is 4.79 Å². The van der Waals surface area contributed by atoms with E-state index in [0.29, 0.717) is 22.9 Å². The highest BCUT2D eigenvalue weighted by atomic mass is 16.5. The van der Waals surface area contributed by atoms with Crippen molar-refractivity contribution in [3.63, 3.8) is 0 Å². The molecule has 1 saturated heterocycles. The van der Waals surface area contributed by atoms with Crippen LogP contribution < -0.4 is 15.5 Å². The molecule has 1 aliphatic rings. The van der Waals surface area contributed by atoms with Crippen LogP contribution in [0.15, 0.2) is 48.8 Å². The summed E-state index contributed by atoms with van der Waals surface area (Å²) in [7, 11) is 1.71. The molecule has 0 radical (unpaired) electrons. The number of nitriles is 1. The molecule has 33 heavy (non-hydrogen) atoms. The molecule has 0 saturated carbocycles. The minimum Gasteiger partial charge on any atom is -0.378 e. The second kappa shape index (κ2) is 9.63. The molecule has 168 valence electrons. The molecule has 0 atom stereocenters. The number of rotatable bonds is 7. The van der Waals surface area contributed by atoms with E-state index in [0.717, 1.165) is 30.2 Å². The predicted octanol–water partition coefficient (Wildman–Crippen LogP) is 3.58. The quantitative estimate of drug-likeness (QED) is 0.569. The van der Waals surface area contributed by atoms with Crippen LogP contribution >= 0.6 is 0 Å². The lowest BCUT2D eigenvalue weighted by Gasteiger charge is -2.39. The maximum atomic E-state index is 12.0. The normalized spacial score (nSPS) is 13.4. The van der Waals surface area contributed by atoms with Crippen LogP contribution in [-0.2, 0) is 9.53 Å². The lowest BCUT2D eigenvalue weighted by molar-refractivity contribution is -0.118. The largest absolute Gasteiger partial charge is 0.378 e. The van der Waals surface area contributed by atoms with E-state index >= 15 is 0 Å². The third kappa shape index (κ3) is 5.07. The number of nitrogens with zero attached hydrogens (tertiary/aromatic N) is 5. The first kappa shape index (κ1) is 22.2. The van der Waals surface area contributed by atoms with E-state index in [-0.39, 0.29) is 17.9 Å². The van der Waals surface area contributed by atoms with Gasteiger partial charge in [-0.15, -0.1) is 0 Å². The number of carbonyl (C=O) groups excluding carboxylic acids is 1. The highest BCUT2D eigenvalue weighted by molar-refractivity contribution is 5.93. The average Bonchev–Trinajstić information content (AvgIpc) is 2.79. The number of anilines is 4. The number of amides is 1. The van der Waals surface area contributed by atoms with Crippen LogP contribution in [0.2, 0.25) is 0 Å². The Balaban J connectivity index is 1.52. The Bertz CT molecular complexity index is 1200. The van der Waals surface area contributed by atoms with Crippen LogP contribution in [0.4, 0.5) is 23.1 Å². The number of ether oxygens (including phenoxy) is 1. The molecule has 3 heterocycles. The van der Waals surface area contributed by atoms with Crippen molar-refractivity contribution in [2.24, 2.45) is 5.92 Å². The Morgan fingerprint density at radius 3 is 2.70 bits per heavy atom. The Hall–Kier alpha value is -4.03. The van der Waals surface area contributed by atoms with Crippen LogP contribution in [0.25, 0.3) is 11.3 Å². The summed E-state index contributed by atoms with van der Waals surface area (Å²) < 4.78 is 5.33. The molecule has 0 bridgehead atoms. The molecular weight excluding hydrogens is 418 g/mol. The second-order valence-corrected chi connectivity index (χ2v) is 8.07. The molecule has 0 spiro atoms. The van der Waals surface area contributed by atoms with Gasteiger partial charge in [0.1, 0.15) is 11.9 Å². The molecule has 1 fully saturated rings.